The molecule has 1 aromatic carbocycles. The lowest BCUT2D eigenvalue weighted by Crippen LogP contribution is -2.45. The number of carboxylic acids is 1. The Kier molecular flexibility index (Phi) is 4.28. The van der Waals surface area contributed by atoms with Gasteiger partial charge in [0.15, 0.2) is 0 Å². The van der Waals surface area contributed by atoms with Crippen LogP contribution < -0.4 is 0 Å². The Morgan fingerprint density at radius 1 is 1.24 bits per heavy atom. The van der Waals surface area contributed by atoms with Crippen LogP contribution in [0.2, 0.25) is 0 Å². The van der Waals surface area contributed by atoms with Crippen molar-refractivity contribution in [1.29, 1.82) is 0 Å². The molecule has 1 aromatic rings. The smallest absolute Gasteiger partial charge is 0.311 e. The maximum Gasteiger partial charge on any atom is 0.311 e. The van der Waals surface area contributed by atoms with Crippen LogP contribution in [0, 0.1) is 11.3 Å². The van der Waals surface area contributed by atoms with Gasteiger partial charge in [-0.2, -0.15) is 0 Å². The van der Waals surface area contributed by atoms with Gasteiger partial charge in [0.1, 0.15) is 0 Å². The van der Waals surface area contributed by atoms with Crippen molar-refractivity contribution in [2.45, 2.75) is 38.5 Å². The molecular weight excluding hydrogens is 318 g/mol. The number of benzene rings is 1. The topological polar surface area (TPSA) is 66.8 Å². The van der Waals surface area contributed by atoms with Gasteiger partial charge in [0.2, 0.25) is 5.91 Å². The number of nitrogens with zero attached hydrogens (tertiary/aromatic N) is 1. The second-order valence-corrected chi connectivity index (χ2v) is 7.74. The third-order valence-electron chi connectivity index (χ3n) is 6.25. The van der Waals surface area contributed by atoms with E-state index in [1.807, 2.05) is 0 Å². The molecule has 3 aliphatic rings. The van der Waals surface area contributed by atoms with Crippen molar-refractivity contribution in [3.8, 4) is 0 Å². The van der Waals surface area contributed by atoms with E-state index in [4.69, 9.17) is 4.74 Å². The number of ether oxygens (including phenoxy) is 1. The highest BCUT2D eigenvalue weighted by atomic mass is 16.5. The fraction of sp³-hybridized carbons (Fsp3) is 0.600. The number of carbonyl (C=O) groups excluding carboxylic acids is 1. The average Bonchev–Trinajstić information content (AvgIpc) is 3.03. The first kappa shape index (κ1) is 16.6. The van der Waals surface area contributed by atoms with Gasteiger partial charge in [-0.25, -0.2) is 0 Å². The van der Waals surface area contributed by atoms with Crippen molar-refractivity contribution in [3.05, 3.63) is 34.9 Å². The lowest BCUT2D eigenvalue weighted by molar-refractivity contribution is -0.157. The van der Waals surface area contributed by atoms with Crippen LogP contribution in [0.15, 0.2) is 18.2 Å². The number of rotatable bonds is 3. The number of carbonyl (C=O) groups is 2. The van der Waals surface area contributed by atoms with Crippen molar-refractivity contribution >= 4 is 11.9 Å². The molecule has 2 saturated heterocycles. The molecule has 0 bridgehead atoms. The van der Waals surface area contributed by atoms with Crippen LogP contribution in [-0.4, -0.2) is 48.2 Å². The quantitative estimate of drug-likeness (QED) is 0.912. The number of amides is 1. The minimum Gasteiger partial charge on any atom is -0.481 e. The van der Waals surface area contributed by atoms with E-state index in [1.165, 1.54) is 24.0 Å². The number of aliphatic carboxylic acids is 1. The molecule has 2 heterocycles. The van der Waals surface area contributed by atoms with Crippen LogP contribution in [0.1, 0.15) is 36.0 Å². The lowest BCUT2D eigenvalue weighted by atomic mass is 9.74. The fourth-order valence-electron chi connectivity index (χ4n) is 4.67. The van der Waals surface area contributed by atoms with E-state index in [2.05, 4.69) is 18.2 Å². The second-order valence-electron chi connectivity index (χ2n) is 7.74. The third kappa shape index (κ3) is 2.95. The molecule has 25 heavy (non-hydrogen) atoms. The number of carboxylic acid groups (broad SMARTS) is 1. The SMILES string of the molecule is O=C(Cc1ccc2c(c1)CCCC2)N1C[C@H]2COCC[C@@]2(C(=O)O)C1. The summed E-state index contributed by atoms with van der Waals surface area (Å²) in [5, 5.41) is 9.73. The van der Waals surface area contributed by atoms with Crippen molar-refractivity contribution < 1.29 is 19.4 Å². The molecule has 0 spiro atoms. The highest BCUT2D eigenvalue weighted by Gasteiger charge is 2.54. The Balaban J connectivity index is 1.48. The zero-order chi connectivity index (χ0) is 17.4. The monoisotopic (exact) mass is 343 g/mol. The van der Waals surface area contributed by atoms with E-state index in [-0.39, 0.29) is 11.8 Å². The Hall–Kier alpha value is -1.88. The predicted octanol–water partition coefficient (Wildman–Crippen LogP) is 2.06. The number of hydrogen-bond donors (Lipinski definition) is 1. The Labute approximate surface area is 148 Å². The van der Waals surface area contributed by atoms with Crippen LogP contribution >= 0.6 is 0 Å². The summed E-state index contributed by atoms with van der Waals surface area (Å²) >= 11 is 0. The van der Waals surface area contributed by atoms with Crippen LogP contribution in [0.25, 0.3) is 0 Å². The van der Waals surface area contributed by atoms with Crippen LogP contribution in [0.3, 0.4) is 0 Å². The molecule has 1 aliphatic carbocycles. The van der Waals surface area contributed by atoms with Crippen molar-refractivity contribution in [3.63, 3.8) is 0 Å². The molecule has 4 rings (SSSR count). The molecule has 0 radical (unpaired) electrons. The second kappa shape index (κ2) is 6.45. The van der Waals surface area contributed by atoms with E-state index in [0.29, 0.717) is 39.1 Å². The molecule has 134 valence electrons. The third-order valence-corrected chi connectivity index (χ3v) is 6.25. The summed E-state index contributed by atoms with van der Waals surface area (Å²) in [4.78, 5) is 26.4. The average molecular weight is 343 g/mol. The summed E-state index contributed by atoms with van der Waals surface area (Å²) < 4.78 is 5.47. The minimum atomic E-state index is -0.816. The summed E-state index contributed by atoms with van der Waals surface area (Å²) in [5.41, 5.74) is 3.02. The Morgan fingerprint density at radius 3 is 2.80 bits per heavy atom. The standard InChI is InChI=1S/C20H25NO4/c22-18(10-14-5-6-15-3-1-2-4-16(15)9-14)21-11-17-12-25-8-7-20(17,13-21)19(23)24/h5-6,9,17H,1-4,7-8,10-13H2,(H,23,24)/t17-,20+/m0/s1. The summed E-state index contributed by atoms with van der Waals surface area (Å²) in [6, 6.07) is 6.39. The van der Waals surface area contributed by atoms with E-state index < -0.39 is 11.4 Å². The zero-order valence-corrected chi connectivity index (χ0v) is 14.5. The highest BCUT2D eigenvalue weighted by Crippen LogP contribution is 2.42. The normalized spacial score (nSPS) is 28.3. The molecule has 2 fully saturated rings. The molecule has 2 atom stereocenters. The molecule has 5 heteroatoms. The molecule has 1 N–H and O–H groups in total. The number of likely N-dealkylation sites (tertiary alicyclic amines) is 1. The molecule has 5 nitrogen and oxygen atoms in total. The fourth-order valence-corrected chi connectivity index (χ4v) is 4.67. The van der Waals surface area contributed by atoms with Crippen molar-refractivity contribution in [2.24, 2.45) is 11.3 Å². The van der Waals surface area contributed by atoms with Gasteiger partial charge in [-0.15, -0.1) is 0 Å². The van der Waals surface area contributed by atoms with Gasteiger partial charge in [-0.05, 0) is 48.8 Å². The Bertz CT molecular complexity index is 701. The summed E-state index contributed by atoms with van der Waals surface area (Å²) in [7, 11) is 0. The molecular formula is C20H25NO4. The predicted molar refractivity (Wildman–Crippen MR) is 92.4 cm³/mol. The summed E-state index contributed by atoms with van der Waals surface area (Å²) in [6.45, 7) is 1.72. The molecule has 2 aliphatic heterocycles. The maximum atomic E-state index is 12.8. The summed E-state index contributed by atoms with van der Waals surface area (Å²) in [6.07, 6.45) is 5.56. The largest absolute Gasteiger partial charge is 0.481 e. The molecule has 0 aromatic heterocycles. The van der Waals surface area contributed by atoms with Gasteiger partial charge in [-0.1, -0.05) is 18.2 Å². The van der Waals surface area contributed by atoms with Gasteiger partial charge in [0.25, 0.3) is 0 Å². The van der Waals surface area contributed by atoms with Gasteiger partial charge in [0.05, 0.1) is 18.4 Å². The van der Waals surface area contributed by atoms with Crippen molar-refractivity contribution in [1.82, 2.24) is 4.90 Å². The van der Waals surface area contributed by atoms with E-state index in [0.717, 1.165) is 18.4 Å². The lowest BCUT2D eigenvalue weighted by Gasteiger charge is -2.33. The zero-order valence-electron chi connectivity index (χ0n) is 14.5. The number of hydrogen-bond acceptors (Lipinski definition) is 3. The highest BCUT2D eigenvalue weighted by molar-refractivity contribution is 5.82. The van der Waals surface area contributed by atoms with Gasteiger partial charge in [0, 0.05) is 25.6 Å². The molecule has 0 unspecified atom stereocenters. The first-order valence-electron chi connectivity index (χ1n) is 9.28. The first-order chi connectivity index (χ1) is 12.1. The van der Waals surface area contributed by atoms with Crippen molar-refractivity contribution in [2.75, 3.05) is 26.3 Å². The van der Waals surface area contributed by atoms with Gasteiger partial charge in [-0.3, -0.25) is 9.59 Å². The van der Waals surface area contributed by atoms with Crippen LogP contribution in [0.5, 0.6) is 0 Å². The van der Waals surface area contributed by atoms with Gasteiger partial charge >= 0.3 is 5.97 Å². The maximum absolute atomic E-state index is 12.8. The first-order valence-corrected chi connectivity index (χ1v) is 9.28. The van der Waals surface area contributed by atoms with E-state index in [1.54, 1.807) is 4.90 Å². The number of fused-ring (bicyclic) bond motifs is 2. The van der Waals surface area contributed by atoms with Crippen LogP contribution in [-0.2, 0) is 33.6 Å². The summed E-state index contributed by atoms with van der Waals surface area (Å²) in [5.74, 6) is -0.845. The molecule has 0 saturated carbocycles. The molecule has 1 amide bonds. The minimum absolute atomic E-state index is 0.0331. The Morgan fingerprint density at radius 2 is 2.04 bits per heavy atom. The van der Waals surface area contributed by atoms with E-state index in [9.17, 15) is 14.7 Å². The van der Waals surface area contributed by atoms with E-state index >= 15 is 0 Å². The van der Waals surface area contributed by atoms with Crippen LogP contribution in [0.4, 0.5) is 0 Å². The number of aryl methyl sites for hydroxylation is 2. The van der Waals surface area contributed by atoms with Gasteiger partial charge < -0.3 is 14.7 Å².